The monoisotopic (exact) mass is 348 g/mol. The van der Waals surface area contributed by atoms with Gasteiger partial charge in [-0.3, -0.25) is 0 Å². The molecular formula is C14H21ClN2O2S2. The van der Waals surface area contributed by atoms with Crippen LogP contribution in [-0.2, 0) is 16.6 Å². The first-order chi connectivity index (χ1) is 10.1. The van der Waals surface area contributed by atoms with Gasteiger partial charge in [0.2, 0.25) is 10.0 Å². The Morgan fingerprint density at radius 3 is 2.86 bits per heavy atom. The Balaban J connectivity index is 2.21. The molecule has 4 nitrogen and oxygen atoms in total. The molecule has 118 valence electrons. The van der Waals surface area contributed by atoms with Gasteiger partial charge in [0.25, 0.3) is 0 Å². The van der Waals surface area contributed by atoms with Crippen LogP contribution in [0.25, 0.3) is 0 Å². The quantitative estimate of drug-likeness (QED) is 0.888. The summed E-state index contributed by atoms with van der Waals surface area (Å²) >= 11 is 8.02. The van der Waals surface area contributed by atoms with Gasteiger partial charge in [-0.2, -0.15) is 16.1 Å². The second kappa shape index (κ2) is 7.83. The Kier molecular flexibility index (Phi) is 6.37. The lowest BCUT2D eigenvalue weighted by atomic mass is 10.2. The van der Waals surface area contributed by atoms with Crippen molar-refractivity contribution in [2.24, 2.45) is 0 Å². The van der Waals surface area contributed by atoms with Crippen molar-refractivity contribution in [3.05, 3.63) is 28.8 Å². The Morgan fingerprint density at radius 2 is 2.14 bits per heavy atom. The first-order valence-corrected chi connectivity index (χ1v) is 10.1. The molecule has 1 aliphatic rings. The van der Waals surface area contributed by atoms with Gasteiger partial charge in [-0.25, -0.2) is 8.42 Å². The van der Waals surface area contributed by atoms with E-state index in [-0.39, 0.29) is 0 Å². The van der Waals surface area contributed by atoms with Gasteiger partial charge in [0.15, 0.2) is 0 Å². The third-order valence-electron chi connectivity index (χ3n) is 3.41. The van der Waals surface area contributed by atoms with Crippen molar-refractivity contribution in [2.75, 3.05) is 31.1 Å². The number of sulfonamides is 1. The van der Waals surface area contributed by atoms with E-state index in [0.29, 0.717) is 29.6 Å². The number of nitrogens with zero attached hydrogens (tertiary/aromatic N) is 1. The first-order valence-electron chi connectivity index (χ1n) is 7.12. The molecule has 7 heteroatoms. The fraction of sp³-hybridized carbons (Fsp3) is 0.571. The third kappa shape index (κ3) is 4.36. The summed E-state index contributed by atoms with van der Waals surface area (Å²) in [5.74, 6) is 1.87. The van der Waals surface area contributed by atoms with Gasteiger partial charge >= 0.3 is 0 Å². The summed E-state index contributed by atoms with van der Waals surface area (Å²) in [5, 5.41) is 3.69. The molecule has 0 aliphatic carbocycles. The summed E-state index contributed by atoms with van der Waals surface area (Å²) in [5.41, 5.74) is 0.920. The van der Waals surface area contributed by atoms with Crippen LogP contribution in [0.2, 0.25) is 5.02 Å². The second-order valence-corrected chi connectivity index (χ2v) is 8.47. The lowest BCUT2D eigenvalue weighted by Crippen LogP contribution is -2.33. The molecule has 1 fully saturated rings. The van der Waals surface area contributed by atoms with Gasteiger partial charge in [0.1, 0.15) is 0 Å². The van der Waals surface area contributed by atoms with Crippen LogP contribution in [-0.4, -0.2) is 43.9 Å². The number of nitrogens with one attached hydrogen (secondary N) is 1. The maximum absolute atomic E-state index is 12.7. The molecule has 2 rings (SSSR count). The lowest BCUT2D eigenvalue weighted by Gasteiger charge is -2.20. The predicted molar refractivity (Wildman–Crippen MR) is 89.5 cm³/mol. The minimum absolute atomic E-state index is 0.291. The average molecular weight is 349 g/mol. The zero-order chi connectivity index (χ0) is 15.3. The SMILES string of the molecule is CCNCc1ccc(S(=O)(=O)N2CCCSCC2)cc1Cl. The maximum Gasteiger partial charge on any atom is 0.243 e. The van der Waals surface area contributed by atoms with Crippen LogP contribution in [0.4, 0.5) is 0 Å². The van der Waals surface area contributed by atoms with E-state index >= 15 is 0 Å². The van der Waals surface area contributed by atoms with E-state index in [0.717, 1.165) is 30.0 Å². The Bertz CT molecular complexity index is 570. The van der Waals surface area contributed by atoms with Crippen LogP contribution in [0.5, 0.6) is 0 Å². The molecule has 0 atom stereocenters. The highest BCUT2D eigenvalue weighted by molar-refractivity contribution is 7.99. The zero-order valence-electron chi connectivity index (χ0n) is 12.1. The minimum Gasteiger partial charge on any atom is -0.313 e. The molecule has 1 aromatic rings. The molecule has 0 radical (unpaired) electrons. The summed E-state index contributed by atoms with van der Waals surface area (Å²) in [6, 6.07) is 5.03. The molecule has 0 bridgehead atoms. The molecule has 0 unspecified atom stereocenters. The molecule has 1 saturated heterocycles. The van der Waals surface area contributed by atoms with Crippen LogP contribution in [0.1, 0.15) is 18.9 Å². The normalized spacial score (nSPS) is 17.6. The van der Waals surface area contributed by atoms with E-state index in [2.05, 4.69) is 5.32 Å². The van der Waals surface area contributed by atoms with Crippen molar-refractivity contribution in [3.63, 3.8) is 0 Å². The molecule has 0 aromatic heterocycles. The smallest absolute Gasteiger partial charge is 0.243 e. The number of rotatable bonds is 5. The first kappa shape index (κ1) is 17.1. The van der Waals surface area contributed by atoms with Gasteiger partial charge < -0.3 is 5.32 Å². The fourth-order valence-corrected chi connectivity index (χ4v) is 5.02. The van der Waals surface area contributed by atoms with E-state index in [4.69, 9.17) is 11.6 Å². The summed E-state index contributed by atoms with van der Waals surface area (Å²) in [7, 11) is -3.43. The number of thioether (sulfide) groups is 1. The zero-order valence-corrected chi connectivity index (χ0v) is 14.5. The topological polar surface area (TPSA) is 49.4 Å². The summed E-state index contributed by atoms with van der Waals surface area (Å²) in [6.07, 6.45) is 0.899. The van der Waals surface area contributed by atoms with Crippen LogP contribution in [0.15, 0.2) is 23.1 Å². The highest BCUT2D eigenvalue weighted by Crippen LogP contribution is 2.25. The highest BCUT2D eigenvalue weighted by atomic mass is 35.5. The van der Waals surface area contributed by atoms with E-state index in [1.165, 1.54) is 0 Å². The largest absolute Gasteiger partial charge is 0.313 e. The van der Waals surface area contributed by atoms with Gasteiger partial charge in [0.05, 0.1) is 4.90 Å². The number of benzene rings is 1. The van der Waals surface area contributed by atoms with Crippen molar-refractivity contribution in [1.82, 2.24) is 9.62 Å². The van der Waals surface area contributed by atoms with E-state index in [1.807, 2.05) is 6.92 Å². The maximum atomic E-state index is 12.7. The molecule has 0 saturated carbocycles. The molecule has 0 spiro atoms. The second-order valence-electron chi connectivity index (χ2n) is 4.90. The van der Waals surface area contributed by atoms with Gasteiger partial charge in [0, 0.05) is 30.4 Å². The van der Waals surface area contributed by atoms with Crippen molar-refractivity contribution >= 4 is 33.4 Å². The Hall–Kier alpha value is -0.270. The van der Waals surface area contributed by atoms with E-state index < -0.39 is 10.0 Å². The molecule has 1 aliphatic heterocycles. The third-order valence-corrected chi connectivity index (χ3v) is 6.70. The van der Waals surface area contributed by atoms with Crippen LogP contribution < -0.4 is 5.32 Å². The minimum atomic E-state index is -3.43. The number of halogens is 1. The molecule has 1 N–H and O–H groups in total. The highest BCUT2D eigenvalue weighted by Gasteiger charge is 2.25. The van der Waals surface area contributed by atoms with Crippen molar-refractivity contribution in [3.8, 4) is 0 Å². The molecule has 0 amide bonds. The lowest BCUT2D eigenvalue weighted by molar-refractivity contribution is 0.435. The summed E-state index contributed by atoms with van der Waals surface area (Å²) in [6.45, 7) is 4.68. The van der Waals surface area contributed by atoms with Crippen LogP contribution >= 0.6 is 23.4 Å². The van der Waals surface area contributed by atoms with Crippen LogP contribution in [0, 0.1) is 0 Å². The Morgan fingerprint density at radius 1 is 1.33 bits per heavy atom. The fourth-order valence-electron chi connectivity index (χ4n) is 2.20. The van der Waals surface area contributed by atoms with Crippen molar-refractivity contribution < 1.29 is 8.42 Å². The van der Waals surface area contributed by atoms with E-state index in [9.17, 15) is 8.42 Å². The van der Waals surface area contributed by atoms with Gasteiger partial charge in [-0.1, -0.05) is 24.6 Å². The average Bonchev–Trinajstić information content (AvgIpc) is 2.75. The summed E-state index contributed by atoms with van der Waals surface area (Å²) in [4.78, 5) is 0.291. The number of hydrogen-bond acceptors (Lipinski definition) is 4. The molecule has 1 aromatic carbocycles. The van der Waals surface area contributed by atoms with Crippen molar-refractivity contribution in [2.45, 2.75) is 24.8 Å². The molecule has 1 heterocycles. The van der Waals surface area contributed by atoms with Crippen molar-refractivity contribution in [1.29, 1.82) is 0 Å². The number of hydrogen-bond donors (Lipinski definition) is 1. The molecule has 21 heavy (non-hydrogen) atoms. The van der Waals surface area contributed by atoms with E-state index in [1.54, 1.807) is 34.3 Å². The Labute approximate surface area is 136 Å². The van der Waals surface area contributed by atoms with Crippen LogP contribution in [0.3, 0.4) is 0 Å². The van der Waals surface area contributed by atoms with Gasteiger partial charge in [-0.05, 0) is 36.4 Å². The molecular weight excluding hydrogens is 328 g/mol. The van der Waals surface area contributed by atoms with Gasteiger partial charge in [-0.15, -0.1) is 0 Å². The summed E-state index contributed by atoms with van der Waals surface area (Å²) < 4.78 is 26.9. The standard InChI is InChI=1S/C14H21ClN2O2S2/c1-2-16-11-12-4-5-13(10-14(12)15)21(18,19)17-6-3-8-20-9-7-17/h4-5,10,16H,2-3,6-9,11H2,1H3. The predicted octanol–water partition coefficient (Wildman–Crippen LogP) is 2.58.